The van der Waals surface area contributed by atoms with Crippen LogP contribution < -0.4 is 5.32 Å². The van der Waals surface area contributed by atoms with E-state index in [0.717, 1.165) is 38.5 Å². The molecule has 7 atom stereocenters. The minimum Gasteiger partial charge on any atom is -0.394 e. The summed E-state index contributed by atoms with van der Waals surface area (Å²) in [5.41, 5.74) is 0. The Balaban J connectivity index is 2.19. The van der Waals surface area contributed by atoms with E-state index in [0.29, 0.717) is 6.42 Å². The summed E-state index contributed by atoms with van der Waals surface area (Å²) >= 11 is 0. The van der Waals surface area contributed by atoms with Crippen LogP contribution in [0.4, 0.5) is 0 Å². The lowest BCUT2D eigenvalue weighted by molar-refractivity contribution is -0.302. The smallest absolute Gasteiger partial charge is 0.220 e. The Labute approximate surface area is 395 Å². The molecule has 0 aliphatic carbocycles. The molecule has 2 unspecified atom stereocenters. The third-order valence-electron chi connectivity index (χ3n) is 13.6. The van der Waals surface area contributed by atoms with Crippen molar-refractivity contribution in [1.29, 1.82) is 0 Å². The van der Waals surface area contributed by atoms with Gasteiger partial charge in [-0.25, -0.2) is 0 Å². The number of carbonyl (C=O) groups excluding carboxylic acids is 1. The standard InChI is InChI=1S/C55H107NO8/c1-3-5-7-9-11-13-15-17-19-20-21-22-23-24-25-26-27-28-29-31-33-35-37-39-41-43-45-51(59)56-48(47-63-55-54(62)53(61)52(60)50(46-57)64-55)49(58)44-42-40-38-36-34-32-30-18-16-14-12-10-8-6-4-2/h42,44,48-50,52-55,57-58,60-62H,3-41,43,45-47H2,1-2H3,(H,56,59)/b44-42+/t48-,49+,50+,52-,53?,54?,55+/m0/s1. The van der Waals surface area contributed by atoms with Gasteiger partial charge in [-0.3, -0.25) is 4.79 Å². The predicted octanol–water partition coefficient (Wildman–Crippen LogP) is 13.2. The Morgan fingerprint density at radius 3 is 1.22 bits per heavy atom. The Kier molecular flexibility index (Phi) is 43.5. The van der Waals surface area contributed by atoms with E-state index in [9.17, 15) is 30.3 Å². The molecule has 1 saturated heterocycles. The molecule has 0 aromatic carbocycles. The van der Waals surface area contributed by atoms with E-state index >= 15 is 0 Å². The van der Waals surface area contributed by atoms with Gasteiger partial charge in [-0.15, -0.1) is 0 Å². The number of hydrogen-bond acceptors (Lipinski definition) is 8. The third-order valence-corrected chi connectivity index (χ3v) is 13.6. The fraction of sp³-hybridized carbons (Fsp3) is 0.945. The fourth-order valence-electron chi connectivity index (χ4n) is 9.16. The van der Waals surface area contributed by atoms with Crippen molar-refractivity contribution in [3.05, 3.63) is 12.2 Å². The lowest BCUT2D eigenvalue weighted by Crippen LogP contribution is -2.60. The molecule has 0 aromatic rings. The molecule has 1 aliphatic heterocycles. The molecule has 1 fully saturated rings. The van der Waals surface area contributed by atoms with Gasteiger partial charge in [-0.2, -0.15) is 0 Å². The molecule has 64 heavy (non-hydrogen) atoms. The van der Waals surface area contributed by atoms with Crippen molar-refractivity contribution in [1.82, 2.24) is 5.32 Å². The van der Waals surface area contributed by atoms with Gasteiger partial charge in [0.15, 0.2) is 6.29 Å². The fourth-order valence-corrected chi connectivity index (χ4v) is 9.16. The van der Waals surface area contributed by atoms with Gasteiger partial charge in [0.25, 0.3) is 0 Å². The Bertz CT molecular complexity index is 1010. The average Bonchev–Trinajstić information content (AvgIpc) is 3.29. The first-order valence-corrected chi connectivity index (χ1v) is 27.9. The molecule has 0 saturated carbocycles. The molecule has 1 rings (SSSR count). The SMILES string of the molecule is CCCCCCCCCCCCCCC/C=C/[C@@H](O)[C@H](CO[C@@H]1O[C@H](CO)[C@H](O)C(O)C1O)NC(=O)CCCCCCCCCCCCCCCCCCCCCCCCCCCC. The van der Waals surface area contributed by atoms with Gasteiger partial charge >= 0.3 is 0 Å². The summed E-state index contributed by atoms with van der Waals surface area (Å²) < 4.78 is 11.3. The quantitative estimate of drug-likeness (QED) is 0.0261. The number of carbonyl (C=O) groups is 1. The number of unbranched alkanes of at least 4 members (excludes halogenated alkanes) is 38. The van der Waals surface area contributed by atoms with E-state index in [1.165, 1.54) is 218 Å². The molecular weight excluding hydrogens is 803 g/mol. The van der Waals surface area contributed by atoms with E-state index < -0.39 is 49.5 Å². The van der Waals surface area contributed by atoms with Crippen molar-refractivity contribution >= 4 is 5.91 Å². The van der Waals surface area contributed by atoms with Gasteiger partial charge in [0.2, 0.25) is 5.91 Å². The zero-order chi connectivity index (χ0) is 46.6. The Morgan fingerprint density at radius 1 is 0.516 bits per heavy atom. The lowest BCUT2D eigenvalue weighted by atomic mass is 9.99. The van der Waals surface area contributed by atoms with Crippen LogP contribution >= 0.6 is 0 Å². The van der Waals surface area contributed by atoms with E-state index in [2.05, 4.69) is 19.2 Å². The monoisotopic (exact) mass is 910 g/mol. The molecule has 380 valence electrons. The number of rotatable bonds is 48. The van der Waals surface area contributed by atoms with Crippen LogP contribution in [0.25, 0.3) is 0 Å². The van der Waals surface area contributed by atoms with Gasteiger partial charge in [0.05, 0.1) is 25.4 Å². The summed E-state index contributed by atoms with van der Waals surface area (Å²) in [4.78, 5) is 13.0. The van der Waals surface area contributed by atoms with Crippen LogP contribution in [-0.4, -0.2) is 87.5 Å². The summed E-state index contributed by atoms with van der Waals surface area (Å²) in [5.74, 6) is -0.171. The normalized spacial score (nSPS) is 20.0. The number of amides is 1. The highest BCUT2D eigenvalue weighted by Gasteiger charge is 2.44. The van der Waals surface area contributed by atoms with Crippen molar-refractivity contribution in [2.45, 2.75) is 320 Å². The minimum atomic E-state index is -1.56. The molecule has 1 aliphatic rings. The van der Waals surface area contributed by atoms with Crippen LogP contribution in [0.5, 0.6) is 0 Å². The van der Waals surface area contributed by atoms with Gasteiger partial charge in [-0.1, -0.05) is 264 Å². The first kappa shape index (κ1) is 60.9. The highest BCUT2D eigenvalue weighted by Crippen LogP contribution is 2.23. The van der Waals surface area contributed by atoms with Crippen molar-refractivity contribution < 1.29 is 39.8 Å². The van der Waals surface area contributed by atoms with E-state index in [4.69, 9.17) is 9.47 Å². The first-order valence-electron chi connectivity index (χ1n) is 27.9. The third kappa shape index (κ3) is 35.1. The largest absolute Gasteiger partial charge is 0.394 e. The zero-order valence-electron chi connectivity index (χ0n) is 42.1. The molecule has 0 spiro atoms. The Morgan fingerprint density at radius 2 is 0.859 bits per heavy atom. The van der Waals surface area contributed by atoms with Crippen molar-refractivity contribution in [2.24, 2.45) is 0 Å². The van der Waals surface area contributed by atoms with Gasteiger partial charge in [0, 0.05) is 6.42 Å². The van der Waals surface area contributed by atoms with Crippen LogP contribution in [-0.2, 0) is 14.3 Å². The molecule has 0 aromatic heterocycles. The van der Waals surface area contributed by atoms with Crippen LogP contribution in [0.3, 0.4) is 0 Å². The van der Waals surface area contributed by atoms with E-state index in [1.807, 2.05) is 6.08 Å². The maximum Gasteiger partial charge on any atom is 0.220 e. The second-order valence-corrected chi connectivity index (χ2v) is 19.7. The van der Waals surface area contributed by atoms with Crippen molar-refractivity contribution in [3.63, 3.8) is 0 Å². The number of allylic oxidation sites excluding steroid dienone is 1. The van der Waals surface area contributed by atoms with E-state index in [1.54, 1.807) is 6.08 Å². The predicted molar refractivity (Wildman–Crippen MR) is 267 cm³/mol. The zero-order valence-corrected chi connectivity index (χ0v) is 42.1. The molecule has 9 nitrogen and oxygen atoms in total. The molecule has 6 N–H and O–H groups in total. The second kappa shape index (κ2) is 45.7. The molecule has 9 heteroatoms. The van der Waals surface area contributed by atoms with Gasteiger partial charge in [-0.05, 0) is 19.3 Å². The second-order valence-electron chi connectivity index (χ2n) is 19.7. The number of aliphatic hydroxyl groups is 5. The maximum absolute atomic E-state index is 13.0. The molecule has 1 heterocycles. The first-order chi connectivity index (χ1) is 31.3. The van der Waals surface area contributed by atoms with Crippen LogP contribution in [0.2, 0.25) is 0 Å². The number of hydrogen-bond donors (Lipinski definition) is 6. The molecule has 0 radical (unpaired) electrons. The maximum atomic E-state index is 13.0. The highest BCUT2D eigenvalue weighted by molar-refractivity contribution is 5.76. The summed E-state index contributed by atoms with van der Waals surface area (Å²) in [5, 5.41) is 54.4. The minimum absolute atomic E-state index is 0.171. The van der Waals surface area contributed by atoms with Crippen molar-refractivity contribution in [3.8, 4) is 0 Å². The number of nitrogens with one attached hydrogen (secondary N) is 1. The van der Waals surface area contributed by atoms with E-state index in [-0.39, 0.29) is 12.5 Å². The summed E-state index contributed by atoms with van der Waals surface area (Å²) in [7, 11) is 0. The summed E-state index contributed by atoms with van der Waals surface area (Å²) in [6.45, 7) is 3.81. The number of ether oxygens (including phenoxy) is 2. The molecule has 1 amide bonds. The molecule has 0 bridgehead atoms. The summed E-state index contributed by atoms with van der Waals surface area (Å²) in [6, 6.07) is -0.799. The van der Waals surface area contributed by atoms with Gasteiger partial charge < -0.3 is 40.3 Å². The topological polar surface area (TPSA) is 149 Å². The highest BCUT2D eigenvalue weighted by atomic mass is 16.7. The summed E-state index contributed by atoms with van der Waals surface area (Å²) in [6.07, 6.45) is 48.5. The van der Waals surface area contributed by atoms with Crippen LogP contribution in [0.15, 0.2) is 12.2 Å². The van der Waals surface area contributed by atoms with Crippen LogP contribution in [0, 0.1) is 0 Å². The van der Waals surface area contributed by atoms with Crippen molar-refractivity contribution in [2.75, 3.05) is 13.2 Å². The average molecular weight is 910 g/mol. The molecular formula is C55H107NO8. The lowest BCUT2D eigenvalue weighted by Gasteiger charge is -2.40. The van der Waals surface area contributed by atoms with Crippen LogP contribution in [0.1, 0.15) is 277 Å². The van der Waals surface area contributed by atoms with Gasteiger partial charge in [0.1, 0.15) is 24.4 Å². The Hall–Kier alpha value is -1.07. The number of aliphatic hydroxyl groups excluding tert-OH is 5.